The summed E-state index contributed by atoms with van der Waals surface area (Å²) in [5.74, 6) is 1.93. The minimum absolute atomic E-state index is 0.0193. The van der Waals surface area contributed by atoms with Gasteiger partial charge in [-0.15, -0.1) is 0 Å². The molecule has 2 N–H and O–H groups in total. The number of benzene rings is 1. The van der Waals surface area contributed by atoms with Gasteiger partial charge in [-0.1, -0.05) is 0 Å². The molecule has 1 amide bonds. The van der Waals surface area contributed by atoms with E-state index in [1.165, 1.54) is 0 Å². The van der Waals surface area contributed by atoms with Crippen molar-refractivity contribution in [2.24, 2.45) is 5.92 Å². The van der Waals surface area contributed by atoms with Gasteiger partial charge in [0.2, 0.25) is 12.7 Å². The van der Waals surface area contributed by atoms with Crippen LogP contribution in [0.15, 0.2) is 18.2 Å². The van der Waals surface area contributed by atoms with E-state index in [1.807, 2.05) is 25.2 Å². The van der Waals surface area contributed by atoms with Gasteiger partial charge in [0.1, 0.15) is 5.75 Å². The van der Waals surface area contributed by atoms with Gasteiger partial charge in [-0.3, -0.25) is 4.79 Å². The molecule has 0 spiro atoms. The maximum atomic E-state index is 12.5. The van der Waals surface area contributed by atoms with Gasteiger partial charge < -0.3 is 29.5 Å². The third kappa shape index (κ3) is 4.30. The summed E-state index contributed by atoms with van der Waals surface area (Å²) in [5, 5.41) is 13.3. The second-order valence-corrected chi connectivity index (χ2v) is 7.84. The zero-order valence-corrected chi connectivity index (χ0v) is 15.7. The molecule has 0 bridgehead atoms. The minimum atomic E-state index is -0.535. The molecule has 0 aromatic heterocycles. The Bertz CT molecular complexity index is 674. The summed E-state index contributed by atoms with van der Waals surface area (Å²) in [4.78, 5) is 14.7. The number of aliphatic hydroxyl groups is 1. The summed E-state index contributed by atoms with van der Waals surface area (Å²) in [5.41, 5.74) is 0. The van der Waals surface area contributed by atoms with Crippen molar-refractivity contribution in [2.45, 2.75) is 50.4 Å². The average molecular weight is 376 g/mol. The molecule has 0 radical (unpaired) electrons. The topological polar surface area (TPSA) is 80.3 Å². The standard InChI is InChI=1S/C20H28N2O5/c1-22-9-8-17(23)16(11-22)20(24)21-13-2-4-14(5-3-13)27-15-6-7-18-19(10-15)26-12-25-18/h6-7,10,13-14,16-17,23H,2-5,8-9,11-12H2,1H3,(H,21,24)/t13?,14?,16-,17+/m1/s1. The number of aliphatic hydroxyl groups excluding tert-OH is 1. The van der Waals surface area contributed by atoms with Crippen molar-refractivity contribution < 1.29 is 24.1 Å². The Morgan fingerprint density at radius 3 is 2.78 bits per heavy atom. The number of likely N-dealkylation sites (tertiary alicyclic amines) is 1. The summed E-state index contributed by atoms with van der Waals surface area (Å²) in [7, 11) is 1.99. The fourth-order valence-electron chi connectivity index (χ4n) is 4.14. The normalized spacial score (nSPS) is 30.7. The summed E-state index contributed by atoms with van der Waals surface area (Å²) >= 11 is 0. The van der Waals surface area contributed by atoms with Gasteiger partial charge in [0, 0.05) is 25.2 Å². The Labute approximate surface area is 159 Å². The van der Waals surface area contributed by atoms with E-state index in [0.29, 0.717) is 13.0 Å². The number of rotatable bonds is 4. The molecular weight excluding hydrogens is 348 g/mol. The largest absolute Gasteiger partial charge is 0.490 e. The lowest BCUT2D eigenvalue weighted by molar-refractivity contribution is -0.132. The van der Waals surface area contributed by atoms with E-state index in [9.17, 15) is 9.90 Å². The molecule has 7 nitrogen and oxygen atoms in total. The van der Waals surface area contributed by atoms with Crippen molar-refractivity contribution in [3.8, 4) is 17.2 Å². The molecule has 1 aromatic rings. The molecule has 2 atom stereocenters. The lowest BCUT2D eigenvalue weighted by atomic mass is 9.90. The molecule has 1 saturated carbocycles. The number of hydrogen-bond acceptors (Lipinski definition) is 6. The Hall–Kier alpha value is -1.99. The fourth-order valence-corrected chi connectivity index (χ4v) is 4.14. The fraction of sp³-hybridized carbons (Fsp3) is 0.650. The highest BCUT2D eigenvalue weighted by atomic mass is 16.7. The first-order valence-corrected chi connectivity index (χ1v) is 9.82. The molecule has 3 aliphatic rings. The quantitative estimate of drug-likeness (QED) is 0.830. The Morgan fingerprint density at radius 1 is 1.19 bits per heavy atom. The van der Waals surface area contributed by atoms with Crippen LogP contribution in [0.4, 0.5) is 0 Å². The second kappa shape index (κ2) is 7.94. The molecule has 27 heavy (non-hydrogen) atoms. The maximum Gasteiger partial charge on any atom is 0.231 e. The Balaban J connectivity index is 1.24. The SMILES string of the molecule is CN1CC[C@H](O)[C@H](C(=O)NC2CCC(Oc3ccc4c(c3)OCO4)CC2)C1. The van der Waals surface area contributed by atoms with Gasteiger partial charge in [0.05, 0.1) is 18.1 Å². The number of nitrogens with zero attached hydrogens (tertiary/aromatic N) is 1. The van der Waals surface area contributed by atoms with Crippen LogP contribution in [0, 0.1) is 5.92 Å². The van der Waals surface area contributed by atoms with Gasteiger partial charge in [-0.25, -0.2) is 0 Å². The first-order valence-electron chi connectivity index (χ1n) is 9.82. The number of carbonyl (C=O) groups excluding carboxylic acids is 1. The van der Waals surface area contributed by atoms with Crippen molar-refractivity contribution in [1.29, 1.82) is 0 Å². The van der Waals surface area contributed by atoms with Crippen LogP contribution in [0.1, 0.15) is 32.1 Å². The van der Waals surface area contributed by atoms with Gasteiger partial charge in [0.15, 0.2) is 11.5 Å². The lowest BCUT2D eigenvalue weighted by Gasteiger charge is -2.35. The average Bonchev–Trinajstić information content (AvgIpc) is 3.13. The summed E-state index contributed by atoms with van der Waals surface area (Å²) in [6.07, 6.45) is 3.83. The monoisotopic (exact) mass is 376 g/mol. The molecule has 2 aliphatic heterocycles. The van der Waals surface area contributed by atoms with Crippen LogP contribution in [0.5, 0.6) is 17.2 Å². The molecular formula is C20H28N2O5. The number of fused-ring (bicyclic) bond motifs is 1. The molecule has 4 rings (SSSR count). The Morgan fingerprint density at radius 2 is 1.96 bits per heavy atom. The van der Waals surface area contributed by atoms with E-state index >= 15 is 0 Å². The number of amides is 1. The van der Waals surface area contributed by atoms with E-state index in [2.05, 4.69) is 10.2 Å². The highest BCUT2D eigenvalue weighted by molar-refractivity contribution is 5.80. The van der Waals surface area contributed by atoms with Crippen LogP contribution in [-0.2, 0) is 4.79 Å². The van der Waals surface area contributed by atoms with Crippen molar-refractivity contribution in [3.05, 3.63) is 18.2 Å². The van der Waals surface area contributed by atoms with Crippen LogP contribution in [0.3, 0.4) is 0 Å². The molecule has 1 aromatic carbocycles. The highest BCUT2D eigenvalue weighted by Crippen LogP contribution is 2.36. The predicted octanol–water partition coefficient (Wildman–Crippen LogP) is 1.53. The van der Waals surface area contributed by atoms with Crippen molar-refractivity contribution in [2.75, 3.05) is 26.9 Å². The maximum absolute atomic E-state index is 12.5. The molecule has 1 aliphatic carbocycles. The zero-order chi connectivity index (χ0) is 18.8. The summed E-state index contributed by atoms with van der Waals surface area (Å²) < 4.78 is 16.8. The third-order valence-electron chi connectivity index (χ3n) is 5.78. The van der Waals surface area contributed by atoms with Crippen LogP contribution < -0.4 is 19.5 Å². The summed E-state index contributed by atoms with van der Waals surface area (Å²) in [6, 6.07) is 5.81. The minimum Gasteiger partial charge on any atom is -0.490 e. The van der Waals surface area contributed by atoms with Crippen LogP contribution in [0.2, 0.25) is 0 Å². The van der Waals surface area contributed by atoms with Crippen LogP contribution in [-0.4, -0.2) is 61.1 Å². The first-order chi connectivity index (χ1) is 13.1. The van der Waals surface area contributed by atoms with Gasteiger partial charge in [-0.05, 0) is 51.3 Å². The third-order valence-corrected chi connectivity index (χ3v) is 5.78. The number of nitrogens with one attached hydrogen (secondary N) is 1. The van der Waals surface area contributed by atoms with Gasteiger partial charge in [0.25, 0.3) is 0 Å². The smallest absolute Gasteiger partial charge is 0.231 e. The summed E-state index contributed by atoms with van der Waals surface area (Å²) in [6.45, 7) is 1.72. The number of ether oxygens (including phenoxy) is 3. The Kier molecular flexibility index (Phi) is 5.41. The molecule has 7 heteroatoms. The van der Waals surface area contributed by atoms with Gasteiger partial charge >= 0.3 is 0 Å². The first kappa shape index (κ1) is 18.4. The number of hydrogen-bond donors (Lipinski definition) is 2. The van der Waals surface area contributed by atoms with Crippen LogP contribution in [0.25, 0.3) is 0 Å². The van der Waals surface area contributed by atoms with Gasteiger partial charge in [-0.2, -0.15) is 0 Å². The zero-order valence-electron chi connectivity index (χ0n) is 15.7. The predicted molar refractivity (Wildman–Crippen MR) is 99.0 cm³/mol. The van der Waals surface area contributed by atoms with Crippen molar-refractivity contribution >= 4 is 5.91 Å². The van der Waals surface area contributed by atoms with E-state index in [-0.39, 0.29) is 30.8 Å². The molecule has 2 fully saturated rings. The number of carbonyl (C=O) groups is 1. The van der Waals surface area contributed by atoms with E-state index < -0.39 is 6.10 Å². The molecule has 0 unspecified atom stereocenters. The number of piperidine rings is 1. The molecule has 2 heterocycles. The molecule has 1 saturated heterocycles. The highest BCUT2D eigenvalue weighted by Gasteiger charge is 2.33. The van der Waals surface area contributed by atoms with E-state index in [1.54, 1.807) is 0 Å². The van der Waals surface area contributed by atoms with Crippen molar-refractivity contribution in [3.63, 3.8) is 0 Å². The van der Waals surface area contributed by atoms with Crippen LogP contribution >= 0.6 is 0 Å². The lowest BCUT2D eigenvalue weighted by Crippen LogP contribution is -2.51. The second-order valence-electron chi connectivity index (χ2n) is 7.84. The van der Waals surface area contributed by atoms with Crippen molar-refractivity contribution in [1.82, 2.24) is 10.2 Å². The van der Waals surface area contributed by atoms with E-state index in [0.717, 1.165) is 49.5 Å². The molecule has 148 valence electrons. The van der Waals surface area contributed by atoms with E-state index in [4.69, 9.17) is 14.2 Å².